The van der Waals surface area contributed by atoms with Crippen LogP contribution in [-0.4, -0.2) is 57.3 Å². The van der Waals surface area contributed by atoms with E-state index in [0.29, 0.717) is 6.42 Å². The number of aliphatic carboxylic acids is 2. The lowest BCUT2D eigenvalue weighted by molar-refractivity contribution is -0.192. The van der Waals surface area contributed by atoms with Gasteiger partial charge in [-0.15, -0.1) is 0 Å². The van der Waals surface area contributed by atoms with Crippen LogP contribution in [0.3, 0.4) is 0 Å². The number of pyridine rings is 1. The van der Waals surface area contributed by atoms with Crippen molar-refractivity contribution in [3.63, 3.8) is 0 Å². The fraction of sp³-hybridized carbons (Fsp3) is 0.250. The number of benzene rings is 2. The Morgan fingerprint density at radius 1 is 0.929 bits per heavy atom. The van der Waals surface area contributed by atoms with Crippen LogP contribution >= 0.6 is 0 Å². The lowest BCUT2D eigenvalue weighted by Crippen LogP contribution is -2.43. The van der Waals surface area contributed by atoms with Gasteiger partial charge < -0.3 is 31.6 Å². The summed E-state index contributed by atoms with van der Waals surface area (Å²) < 4.78 is 33.2. The Labute approximate surface area is 238 Å². The number of rotatable bonds is 11. The number of hydrogen-bond donors (Lipinski definition) is 5. The maximum absolute atomic E-state index is 13.0. The van der Waals surface area contributed by atoms with Crippen LogP contribution in [0.5, 0.6) is 0 Å². The molecular formula is C28H30F3N5O6. The molecule has 0 aliphatic heterocycles. The normalized spacial score (nSPS) is 11.4. The number of carboxylic acids is 2. The average Bonchev–Trinajstić information content (AvgIpc) is 2.92. The monoisotopic (exact) mass is 589 g/mol. The molecule has 0 saturated carbocycles. The summed E-state index contributed by atoms with van der Waals surface area (Å²) in [4.78, 5) is 50.0. The van der Waals surface area contributed by atoms with E-state index in [1.807, 2.05) is 42.5 Å². The molecule has 0 radical (unpaired) electrons. The second-order valence-electron chi connectivity index (χ2n) is 8.95. The molecule has 0 spiro atoms. The number of guanidine groups is 1. The van der Waals surface area contributed by atoms with Crippen molar-refractivity contribution >= 4 is 23.8 Å². The predicted molar refractivity (Wildman–Crippen MR) is 148 cm³/mol. The largest absolute Gasteiger partial charge is 0.490 e. The van der Waals surface area contributed by atoms with Crippen LogP contribution in [0.15, 0.2) is 82.7 Å². The van der Waals surface area contributed by atoms with Gasteiger partial charge in [0.05, 0.1) is 6.54 Å². The smallest absolute Gasteiger partial charge is 0.480 e. The number of aliphatic imine (C=N–C) groups is 1. The van der Waals surface area contributed by atoms with Crippen LogP contribution in [0.2, 0.25) is 0 Å². The Kier molecular flexibility index (Phi) is 12.3. The van der Waals surface area contributed by atoms with Gasteiger partial charge in [-0.25, -0.2) is 9.59 Å². The van der Waals surface area contributed by atoms with Crippen LogP contribution in [0, 0.1) is 0 Å². The molecular weight excluding hydrogens is 559 g/mol. The Hall–Kier alpha value is -5.14. The maximum Gasteiger partial charge on any atom is 0.490 e. The standard InChI is InChI=1S/C26H29N5O4.C2HF3O2/c27-26(28)29-13-5-12-22(25(34)35)30-23(32)21-11-6-14-31(24(21)33)17-20-10-4-9-19(16-20)15-18-7-2-1-3-8-18;3-2(4,5)1(6)7/h1-4,6-11,14,16,22H,5,12-13,15,17H2,(H,30,32)(H,34,35)(H4,27,28,29);(H,6,7)/t22-;/m0./s1. The van der Waals surface area contributed by atoms with E-state index in [0.717, 1.165) is 17.5 Å². The summed E-state index contributed by atoms with van der Waals surface area (Å²) in [6, 6.07) is 19.8. The second-order valence-corrected chi connectivity index (χ2v) is 8.95. The van der Waals surface area contributed by atoms with Crippen molar-refractivity contribution in [1.82, 2.24) is 9.88 Å². The quantitative estimate of drug-likeness (QED) is 0.128. The molecule has 0 aliphatic carbocycles. The molecule has 1 aromatic heterocycles. The van der Waals surface area contributed by atoms with Gasteiger partial charge in [0, 0.05) is 12.7 Å². The van der Waals surface area contributed by atoms with Crippen LogP contribution in [-0.2, 0) is 22.6 Å². The van der Waals surface area contributed by atoms with E-state index in [1.165, 1.54) is 16.2 Å². The fourth-order valence-corrected chi connectivity index (χ4v) is 3.70. The van der Waals surface area contributed by atoms with E-state index >= 15 is 0 Å². The zero-order valence-corrected chi connectivity index (χ0v) is 22.3. The van der Waals surface area contributed by atoms with Crippen molar-refractivity contribution < 1.29 is 37.8 Å². The molecule has 2 aromatic carbocycles. The number of amides is 1. The van der Waals surface area contributed by atoms with E-state index in [9.17, 15) is 32.7 Å². The number of nitrogens with one attached hydrogen (secondary N) is 1. The molecule has 11 nitrogen and oxygen atoms in total. The third-order valence-electron chi connectivity index (χ3n) is 5.65. The number of alkyl halides is 3. The number of aromatic nitrogens is 1. The molecule has 14 heteroatoms. The Morgan fingerprint density at radius 2 is 1.55 bits per heavy atom. The van der Waals surface area contributed by atoms with Gasteiger partial charge in [-0.3, -0.25) is 14.6 Å². The SMILES string of the molecule is NC(N)=NCCC[C@H](NC(=O)c1cccn(Cc2cccc(Cc3ccccc3)c2)c1=O)C(=O)O.O=C(O)C(F)(F)F. The van der Waals surface area contributed by atoms with Crippen molar-refractivity contribution in [1.29, 1.82) is 0 Å². The molecule has 3 aromatic rings. The van der Waals surface area contributed by atoms with Crippen LogP contribution in [0.25, 0.3) is 0 Å². The molecule has 0 aliphatic rings. The summed E-state index contributed by atoms with van der Waals surface area (Å²) in [7, 11) is 0. The topological polar surface area (TPSA) is 190 Å². The number of nitrogens with two attached hydrogens (primary N) is 2. The minimum absolute atomic E-state index is 0.0867. The zero-order valence-electron chi connectivity index (χ0n) is 22.3. The zero-order chi connectivity index (χ0) is 31.3. The van der Waals surface area contributed by atoms with E-state index in [1.54, 1.807) is 12.3 Å². The van der Waals surface area contributed by atoms with E-state index in [4.69, 9.17) is 21.4 Å². The molecule has 7 N–H and O–H groups in total. The van der Waals surface area contributed by atoms with Crippen molar-refractivity contribution in [2.75, 3.05) is 6.54 Å². The molecule has 1 amide bonds. The van der Waals surface area contributed by atoms with Crippen molar-refractivity contribution in [2.24, 2.45) is 16.5 Å². The van der Waals surface area contributed by atoms with Crippen molar-refractivity contribution in [3.8, 4) is 0 Å². The van der Waals surface area contributed by atoms with Crippen molar-refractivity contribution in [2.45, 2.75) is 38.0 Å². The molecule has 1 atom stereocenters. The lowest BCUT2D eigenvalue weighted by Gasteiger charge is -2.15. The number of carbonyl (C=O) groups is 3. The molecule has 0 fully saturated rings. The number of halogens is 3. The second kappa shape index (κ2) is 15.6. The molecule has 0 saturated heterocycles. The number of carbonyl (C=O) groups excluding carboxylic acids is 1. The van der Waals surface area contributed by atoms with Gasteiger partial charge in [0.25, 0.3) is 11.5 Å². The Morgan fingerprint density at radius 3 is 2.14 bits per heavy atom. The van der Waals surface area contributed by atoms with Gasteiger partial charge in [0.1, 0.15) is 11.6 Å². The minimum atomic E-state index is -5.08. The summed E-state index contributed by atoms with van der Waals surface area (Å²) in [6.07, 6.45) is -2.24. The maximum atomic E-state index is 13.0. The van der Waals surface area contributed by atoms with Gasteiger partial charge in [-0.2, -0.15) is 13.2 Å². The minimum Gasteiger partial charge on any atom is -0.480 e. The highest BCUT2D eigenvalue weighted by molar-refractivity contribution is 5.96. The van der Waals surface area contributed by atoms with E-state index in [-0.39, 0.29) is 31.0 Å². The van der Waals surface area contributed by atoms with Gasteiger partial charge in [-0.05, 0) is 48.1 Å². The van der Waals surface area contributed by atoms with Gasteiger partial charge in [-0.1, -0.05) is 54.6 Å². The first kappa shape index (κ1) is 33.1. The average molecular weight is 590 g/mol. The number of carboxylic acid groups (broad SMARTS) is 2. The predicted octanol–water partition coefficient (Wildman–Crippen LogP) is 2.36. The summed E-state index contributed by atoms with van der Waals surface area (Å²) in [5.41, 5.74) is 13.1. The van der Waals surface area contributed by atoms with Gasteiger partial charge >= 0.3 is 18.1 Å². The molecule has 0 bridgehead atoms. The lowest BCUT2D eigenvalue weighted by atomic mass is 10.0. The summed E-state index contributed by atoms with van der Waals surface area (Å²) >= 11 is 0. The molecule has 0 unspecified atom stereocenters. The van der Waals surface area contributed by atoms with Crippen molar-refractivity contribution in [3.05, 3.63) is 106 Å². The highest BCUT2D eigenvalue weighted by atomic mass is 19.4. The van der Waals surface area contributed by atoms with E-state index in [2.05, 4.69) is 22.4 Å². The number of hydrogen-bond acceptors (Lipinski definition) is 5. The molecule has 224 valence electrons. The van der Waals surface area contributed by atoms with Gasteiger partial charge in [0.2, 0.25) is 0 Å². The first-order valence-corrected chi connectivity index (χ1v) is 12.5. The highest BCUT2D eigenvalue weighted by Crippen LogP contribution is 2.13. The number of nitrogens with zero attached hydrogens (tertiary/aromatic N) is 2. The molecule has 3 rings (SSSR count). The third kappa shape index (κ3) is 11.2. The summed E-state index contributed by atoms with van der Waals surface area (Å²) in [5, 5.41) is 19.0. The third-order valence-corrected chi connectivity index (χ3v) is 5.65. The highest BCUT2D eigenvalue weighted by Gasteiger charge is 2.38. The molecule has 42 heavy (non-hydrogen) atoms. The Balaban J connectivity index is 0.000000782. The summed E-state index contributed by atoms with van der Waals surface area (Å²) in [5.74, 6) is -4.78. The van der Waals surface area contributed by atoms with Crippen LogP contribution in [0.1, 0.15) is 39.9 Å². The van der Waals surface area contributed by atoms with Crippen LogP contribution in [0.4, 0.5) is 13.2 Å². The first-order chi connectivity index (χ1) is 19.8. The Bertz CT molecular complexity index is 1450. The van der Waals surface area contributed by atoms with E-state index < -0.39 is 35.6 Å². The first-order valence-electron chi connectivity index (χ1n) is 12.5. The summed E-state index contributed by atoms with van der Waals surface area (Å²) in [6.45, 7) is 0.521. The fourth-order valence-electron chi connectivity index (χ4n) is 3.70. The molecule has 1 heterocycles. The van der Waals surface area contributed by atoms with Gasteiger partial charge in [0.15, 0.2) is 5.96 Å². The van der Waals surface area contributed by atoms with Crippen LogP contribution < -0.4 is 22.3 Å².